The zero-order valence-corrected chi connectivity index (χ0v) is 11.8. The van der Waals surface area contributed by atoms with Gasteiger partial charge in [0, 0.05) is 39.8 Å². The molecular weight excluding hydrogens is 270 g/mol. The number of terminal acetylenes is 1. The van der Waals surface area contributed by atoms with Crippen molar-refractivity contribution in [2.45, 2.75) is 6.42 Å². The molecule has 0 spiro atoms. The van der Waals surface area contributed by atoms with Gasteiger partial charge < -0.3 is 5.11 Å². The van der Waals surface area contributed by atoms with Crippen LogP contribution in [0, 0.1) is 12.3 Å². The van der Waals surface area contributed by atoms with Crippen LogP contribution >= 0.6 is 0 Å². The maximum atomic E-state index is 12.2. The van der Waals surface area contributed by atoms with E-state index in [9.17, 15) is 13.2 Å². The summed E-state index contributed by atoms with van der Waals surface area (Å²) in [6, 6.07) is 0. The molecule has 0 aromatic heterocycles. The molecule has 1 aliphatic heterocycles. The van der Waals surface area contributed by atoms with Gasteiger partial charge in [0.2, 0.25) is 0 Å². The van der Waals surface area contributed by atoms with Crippen molar-refractivity contribution in [3.8, 4) is 12.3 Å². The molecule has 1 saturated heterocycles. The predicted octanol–water partition coefficient (Wildman–Crippen LogP) is -1.11. The molecule has 0 aliphatic carbocycles. The van der Waals surface area contributed by atoms with Crippen LogP contribution in [0.1, 0.15) is 6.42 Å². The maximum Gasteiger partial charge on any atom is 0.304 e. The Bertz CT molecular complexity index is 449. The molecule has 1 heterocycles. The molecular formula is C11H19N3O4S. The summed E-state index contributed by atoms with van der Waals surface area (Å²) >= 11 is 0. The Hall–Kier alpha value is -1.14. The molecule has 1 fully saturated rings. The zero-order chi connectivity index (χ0) is 14.5. The third kappa shape index (κ3) is 4.47. The highest BCUT2D eigenvalue weighted by Crippen LogP contribution is 2.11. The Balaban J connectivity index is 2.55. The largest absolute Gasteiger partial charge is 0.481 e. The summed E-state index contributed by atoms with van der Waals surface area (Å²) < 4.78 is 26.8. The van der Waals surface area contributed by atoms with Gasteiger partial charge in [0.05, 0.1) is 13.0 Å². The molecule has 19 heavy (non-hydrogen) atoms. The second-order valence-corrected chi connectivity index (χ2v) is 6.39. The lowest BCUT2D eigenvalue weighted by Crippen LogP contribution is -2.52. The van der Waals surface area contributed by atoms with Crippen LogP contribution in [0.2, 0.25) is 0 Å². The highest BCUT2D eigenvalue weighted by Gasteiger charge is 2.30. The minimum absolute atomic E-state index is 0.0256. The van der Waals surface area contributed by atoms with E-state index in [0.29, 0.717) is 32.7 Å². The van der Waals surface area contributed by atoms with E-state index in [4.69, 9.17) is 11.5 Å². The van der Waals surface area contributed by atoms with Crippen molar-refractivity contribution in [2.24, 2.45) is 0 Å². The van der Waals surface area contributed by atoms with E-state index >= 15 is 0 Å². The maximum absolute atomic E-state index is 12.2. The highest BCUT2D eigenvalue weighted by molar-refractivity contribution is 7.86. The molecule has 1 N–H and O–H groups in total. The number of nitrogens with zero attached hydrogens (tertiary/aromatic N) is 3. The lowest BCUT2D eigenvalue weighted by Gasteiger charge is -2.34. The molecule has 1 aliphatic rings. The number of rotatable bonds is 6. The molecule has 0 aromatic rings. The number of carboxylic acids is 1. The number of hydrogen-bond acceptors (Lipinski definition) is 4. The van der Waals surface area contributed by atoms with Gasteiger partial charge in [0.1, 0.15) is 0 Å². The lowest BCUT2D eigenvalue weighted by atomic mass is 10.4. The smallest absolute Gasteiger partial charge is 0.304 e. The van der Waals surface area contributed by atoms with Gasteiger partial charge in [-0.1, -0.05) is 5.92 Å². The molecule has 0 aromatic carbocycles. The molecule has 0 radical (unpaired) electrons. The van der Waals surface area contributed by atoms with Crippen LogP contribution in [0.4, 0.5) is 0 Å². The van der Waals surface area contributed by atoms with Gasteiger partial charge in [-0.05, 0) is 0 Å². The molecule has 0 bridgehead atoms. The van der Waals surface area contributed by atoms with Crippen molar-refractivity contribution >= 4 is 16.2 Å². The van der Waals surface area contributed by atoms with E-state index in [-0.39, 0.29) is 13.0 Å². The Kier molecular flexibility index (Phi) is 5.75. The summed E-state index contributed by atoms with van der Waals surface area (Å²) in [5.74, 6) is 1.52. The van der Waals surface area contributed by atoms with Gasteiger partial charge in [0.25, 0.3) is 10.2 Å². The highest BCUT2D eigenvalue weighted by atomic mass is 32.2. The molecule has 0 atom stereocenters. The third-order valence-electron chi connectivity index (χ3n) is 3.01. The van der Waals surface area contributed by atoms with Gasteiger partial charge in [-0.15, -0.1) is 6.42 Å². The van der Waals surface area contributed by atoms with Crippen molar-refractivity contribution in [3.05, 3.63) is 0 Å². The fourth-order valence-corrected chi connectivity index (χ4v) is 3.15. The van der Waals surface area contributed by atoms with Gasteiger partial charge >= 0.3 is 5.97 Å². The summed E-state index contributed by atoms with van der Waals surface area (Å²) in [5, 5.41) is 8.57. The Morgan fingerprint density at radius 2 is 1.95 bits per heavy atom. The molecule has 0 unspecified atom stereocenters. The molecule has 0 saturated carbocycles. The molecule has 108 valence electrons. The fourth-order valence-electron chi connectivity index (χ4n) is 1.81. The number of carbonyl (C=O) groups is 1. The van der Waals surface area contributed by atoms with Gasteiger partial charge in [-0.25, -0.2) is 0 Å². The average Bonchev–Trinajstić information content (AvgIpc) is 2.36. The van der Waals surface area contributed by atoms with Crippen LogP contribution < -0.4 is 0 Å². The van der Waals surface area contributed by atoms with E-state index in [0.717, 1.165) is 4.31 Å². The van der Waals surface area contributed by atoms with Crippen LogP contribution in [0.3, 0.4) is 0 Å². The molecule has 0 amide bonds. The average molecular weight is 289 g/mol. The van der Waals surface area contributed by atoms with Crippen molar-refractivity contribution in [1.82, 2.24) is 13.5 Å². The Morgan fingerprint density at radius 1 is 1.37 bits per heavy atom. The number of carboxylic acid groups (broad SMARTS) is 1. The second kappa shape index (κ2) is 6.86. The second-order valence-electron chi connectivity index (χ2n) is 4.35. The van der Waals surface area contributed by atoms with Gasteiger partial charge in [-0.3, -0.25) is 9.69 Å². The lowest BCUT2D eigenvalue weighted by molar-refractivity contribution is -0.137. The van der Waals surface area contributed by atoms with Gasteiger partial charge in [-0.2, -0.15) is 17.0 Å². The van der Waals surface area contributed by atoms with Crippen LogP contribution in [0.25, 0.3) is 0 Å². The predicted molar refractivity (Wildman–Crippen MR) is 70.6 cm³/mol. The summed E-state index contributed by atoms with van der Waals surface area (Å²) in [4.78, 5) is 12.5. The van der Waals surface area contributed by atoms with Crippen molar-refractivity contribution < 1.29 is 18.3 Å². The summed E-state index contributed by atoms with van der Waals surface area (Å²) in [6.07, 6.45) is 5.01. The molecule has 1 rings (SSSR count). The standard InChI is InChI=1S/C11H19N3O4S/c1-3-5-13-7-9-14(10-8-13)19(17,18)12(2)6-4-11(15)16/h1H,4-10H2,2H3,(H,15,16). The first-order valence-corrected chi connectivity index (χ1v) is 7.36. The van der Waals surface area contributed by atoms with E-state index in [1.54, 1.807) is 0 Å². The Labute approximate surface area is 114 Å². The number of aliphatic carboxylic acids is 1. The van der Waals surface area contributed by atoms with Crippen LogP contribution in [0.15, 0.2) is 0 Å². The van der Waals surface area contributed by atoms with Crippen molar-refractivity contribution in [3.63, 3.8) is 0 Å². The molecule has 8 heteroatoms. The normalized spacial score (nSPS) is 18.4. The van der Waals surface area contributed by atoms with Crippen molar-refractivity contribution in [2.75, 3.05) is 46.3 Å². The first-order chi connectivity index (χ1) is 8.87. The number of piperazine rings is 1. The van der Waals surface area contributed by atoms with Crippen LogP contribution in [0.5, 0.6) is 0 Å². The SMILES string of the molecule is C#CCN1CCN(S(=O)(=O)N(C)CCC(=O)O)CC1. The first-order valence-electron chi connectivity index (χ1n) is 5.97. The van der Waals surface area contributed by atoms with Crippen molar-refractivity contribution in [1.29, 1.82) is 0 Å². The zero-order valence-electron chi connectivity index (χ0n) is 10.9. The van der Waals surface area contributed by atoms with E-state index in [1.807, 2.05) is 4.90 Å². The van der Waals surface area contributed by atoms with E-state index in [1.165, 1.54) is 11.4 Å². The summed E-state index contributed by atoms with van der Waals surface area (Å²) in [5.41, 5.74) is 0. The van der Waals surface area contributed by atoms with Gasteiger partial charge in [0.15, 0.2) is 0 Å². The topological polar surface area (TPSA) is 81.2 Å². The minimum Gasteiger partial charge on any atom is -0.481 e. The summed E-state index contributed by atoms with van der Waals surface area (Å²) in [6.45, 7) is 2.43. The summed E-state index contributed by atoms with van der Waals surface area (Å²) in [7, 11) is -2.18. The quantitative estimate of drug-likeness (QED) is 0.627. The Morgan fingerprint density at radius 3 is 2.42 bits per heavy atom. The third-order valence-corrected chi connectivity index (χ3v) is 4.99. The monoisotopic (exact) mass is 289 g/mol. The minimum atomic E-state index is -3.57. The van der Waals surface area contributed by atoms with E-state index < -0.39 is 16.2 Å². The van der Waals surface area contributed by atoms with E-state index in [2.05, 4.69) is 5.92 Å². The molecule has 7 nitrogen and oxygen atoms in total. The first kappa shape index (κ1) is 15.9. The van der Waals surface area contributed by atoms with Crippen LogP contribution in [-0.4, -0.2) is 79.3 Å². The van der Waals surface area contributed by atoms with Crippen LogP contribution in [-0.2, 0) is 15.0 Å². The fraction of sp³-hybridized carbons (Fsp3) is 0.727. The number of hydrogen-bond donors (Lipinski definition) is 1.